The van der Waals surface area contributed by atoms with E-state index < -0.39 is 0 Å². The van der Waals surface area contributed by atoms with Gasteiger partial charge in [0.1, 0.15) is 11.5 Å². The number of benzene rings is 2. The molecule has 3 aromatic rings. The molecule has 0 N–H and O–H groups in total. The van der Waals surface area contributed by atoms with Crippen LogP contribution in [0.3, 0.4) is 0 Å². The highest BCUT2D eigenvalue weighted by Gasteiger charge is 2.45. The fourth-order valence-corrected chi connectivity index (χ4v) is 4.68. The topological polar surface area (TPSA) is 55.6 Å². The number of nitrogens with zero attached hydrogens (tertiary/aromatic N) is 2. The average molecular weight is 380 g/mol. The zero-order chi connectivity index (χ0) is 19.1. The molecule has 2 aliphatic rings. The summed E-state index contributed by atoms with van der Waals surface area (Å²) in [5.41, 5.74) is 2.23. The molecule has 1 aromatic heterocycles. The van der Waals surface area contributed by atoms with Crippen molar-refractivity contribution in [3.05, 3.63) is 65.6 Å². The minimum Gasteiger partial charge on any atom is -0.381 e. The summed E-state index contributed by atoms with van der Waals surface area (Å²) in [4.78, 5) is 15.2. The summed E-state index contributed by atoms with van der Waals surface area (Å²) in [5.74, 6) is 0.211. The Kier molecular flexibility index (Phi) is 4.36. The second-order valence-electron chi connectivity index (χ2n) is 7.60. The summed E-state index contributed by atoms with van der Waals surface area (Å²) in [5, 5.41) is 4.58. The SMILES string of the molecule is O=C(Cc1noc2ccc(F)cc12)N1C[C@H](c2ccccc2)[C@H]2COCC[C@H]21. The number of aromatic nitrogens is 1. The average Bonchev–Trinajstić information content (AvgIpc) is 3.30. The number of halogens is 1. The molecule has 2 aliphatic heterocycles. The van der Waals surface area contributed by atoms with Gasteiger partial charge >= 0.3 is 0 Å². The van der Waals surface area contributed by atoms with E-state index in [1.165, 1.54) is 17.7 Å². The number of rotatable bonds is 3. The third-order valence-corrected chi connectivity index (χ3v) is 6.05. The molecule has 28 heavy (non-hydrogen) atoms. The van der Waals surface area contributed by atoms with E-state index in [1.54, 1.807) is 6.07 Å². The quantitative estimate of drug-likeness (QED) is 0.697. The maximum absolute atomic E-state index is 13.6. The van der Waals surface area contributed by atoms with E-state index in [4.69, 9.17) is 9.26 Å². The standard InChI is InChI=1S/C22H21FN2O3/c23-15-6-7-21-16(10-15)19(24-28-21)11-22(26)25-12-17(14-4-2-1-3-5-14)18-13-27-9-8-20(18)25/h1-7,10,17-18,20H,8-9,11-13H2/t17-,18-,20-/m1/s1. The molecule has 3 atom stereocenters. The predicted octanol–water partition coefficient (Wildman–Crippen LogP) is 3.54. The fourth-order valence-electron chi connectivity index (χ4n) is 4.68. The second-order valence-corrected chi connectivity index (χ2v) is 7.60. The van der Waals surface area contributed by atoms with Crippen molar-refractivity contribution in [2.24, 2.45) is 5.92 Å². The first-order chi connectivity index (χ1) is 13.7. The fraction of sp³-hybridized carbons (Fsp3) is 0.364. The minimum absolute atomic E-state index is 0.00907. The molecule has 0 aliphatic carbocycles. The van der Waals surface area contributed by atoms with Crippen LogP contribution in [0.2, 0.25) is 0 Å². The van der Waals surface area contributed by atoms with E-state index >= 15 is 0 Å². The van der Waals surface area contributed by atoms with Crippen LogP contribution in [0.5, 0.6) is 0 Å². The Hall–Kier alpha value is -2.73. The molecular formula is C22H21FN2O3. The molecule has 1 amide bonds. The largest absolute Gasteiger partial charge is 0.381 e. The van der Waals surface area contributed by atoms with Gasteiger partial charge < -0.3 is 14.2 Å². The Bertz CT molecular complexity index is 1000. The maximum atomic E-state index is 13.6. The summed E-state index contributed by atoms with van der Waals surface area (Å²) < 4.78 is 24.6. The molecule has 0 radical (unpaired) electrons. The lowest BCUT2D eigenvalue weighted by Gasteiger charge is -2.32. The lowest BCUT2D eigenvalue weighted by molar-refractivity contribution is -0.133. The Balaban J connectivity index is 1.41. The van der Waals surface area contributed by atoms with Crippen LogP contribution in [-0.4, -0.2) is 41.8 Å². The second kappa shape index (κ2) is 7.02. The van der Waals surface area contributed by atoms with Crippen LogP contribution in [0.1, 0.15) is 23.6 Å². The van der Waals surface area contributed by atoms with Crippen molar-refractivity contribution in [1.82, 2.24) is 10.1 Å². The zero-order valence-corrected chi connectivity index (χ0v) is 15.4. The molecule has 0 bridgehead atoms. The van der Waals surface area contributed by atoms with Crippen molar-refractivity contribution in [2.75, 3.05) is 19.8 Å². The van der Waals surface area contributed by atoms with Gasteiger partial charge in [0.05, 0.1) is 13.0 Å². The molecule has 144 valence electrons. The Morgan fingerprint density at radius 3 is 2.93 bits per heavy atom. The maximum Gasteiger partial charge on any atom is 0.229 e. The first-order valence-corrected chi connectivity index (χ1v) is 9.66. The molecule has 0 saturated carbocycles. The van der Waals surface area contributed by atoms with Gasteiger partial charge in [0, 0.05) is 36.4 Å². The van der Waals surface area contributed by atoms with Gasteiger partial charge in [-0.25, -0.2) is 4.39 Å². The lowest BCUT2D eigenvalue weighted by Crippen LogP contribution is -2.42. The third kappa shape index (κ3) is 2.98. The number of hydrogen-bond donors (Lipinski definition) is 0. The third-order valence-electron chi connectivity index (χ3n) is 6.05. The summed E-state index contributed by atoms with van der Waals surface area (Å²) in [7, 11) is 0. The number of likely N-dealkylation sites (tertiary alicyclic amines) is 1. The summed E-state index contributed by atoms with van der Waals surface area (Å²) in [6.07, 6.45) is 0.954. The van der Waals surface area contributed by atoms with Crippen LogP contribution in [0.15, 0.2) is 53.1 Å². The van der Waals surface area contributed by atoms with Gasteiger partial charge in [-0.2, -0.15) is 0 Å². The molecule has 2 saturated heterocycles. The molecular weight excluding hydrogens is 359 g/mol. The van der Waals surface area contributed by atoms with E-state index in [0.717, 1.165) is 6.42 Å². The number of fused-ring (bicyclic) bond motifs is 2. The van der Waals surface area contributed by atoms with E-state index in [-0.39, 0.29) is 30.1 Å². The molecule has 2 fully saturated rings. The number of hydrogen-bond acceptors (Lipinski definition) is 4. The highest BCUT2D eigenvalue weighted by molar-refractivity contribution is 5.86. The van der Waals surface area contributed by atoms with Gasteiger partial charge in [0.25, 0.3) is 0 Å². The van der Waals surface area contributed by atoms with Crippen molar-refractivity contribution in [2.45, 2.75) is 24.8 Å². The van der Waals surface area contributed by atoms with E-state index in [0.29, 0.717) is 42.3 Å². The Morgan fingerprint density at radius 1 is 1.21 bits per heavy atom. The molecule has 2 aromatic carbocycles. The van der Waals surface area contributed by atoms with Gasteiger partial charge in [-0.1, -0.05) is 35.5 Å². The molecule has 3 heterocycles. The first kappa shape index (κ1) is 17.4. The Morgan fingerprint density at radius 2 is 2.07 bits per heavy atom. The van der Waals surface area contributed by atoms with E-state index in [1.807, 2.05) is 23.1 Å². The molecule has 6 heteroatoms. The van der Waals surface area contributed by atoms with E-state index in [2.05, 4.69) is 17.3 Å². The highest BCUT2D eigenvalue weighted by atomic mass is 19.1. The molecule has 5 rings (SSSR count). The highest BCUT2D eigenvalue weighted by Crippen LogP contribution is 2.41. The van der Waals surface area contributed by atoms with Crippen LogP contribution in [-0.2, 0) is 16.0 Å². The van der Waals surface area contributed by atoms with Crippen molar-refractivity contribution < 1.29 is 18.4 Å². The smallest absolute Gasteiger partial charge is 0.229 e. The van der Waals surface area contributed by atoms with Crippen LogP contribution in [0, 0.1) is 11.7 Å². The van der Waals surface area contributed by atoms with Crippen LogP contribution in [0.4, 0.5) is 4.39 Å². The van der Waals surface area contributed by atoms with Gasteiger partial charge in [-0.15, -0.1) is 0 Å². The first-order valence-electron chi connectivity index (χ1n) is 9.66. The molecule has 0 unspecified atom stereocenters. The number of amides is 1. The van der Waals surface area contributed by atoms with Crippen LogP contribution >= 0.6 is 0 Å². The lowest BCUT2D eigenvalue weighted by atomic mass is 9.84. The monoisotopic (exact) mass is 380 g/mol. The van der Waals surface area contributed by atoms with Gasteiger partial charge in [-0.05, 0) is 30.2 Å². The summed E-state index contributed by atoms with van der Waals surface area (Å²) >= 11 is 0. The van der Waals surface area contributed by atoms with Crippen molar-refractivity contribution in [3.63, 3.8) is 0 Å². The molecule has 5 nitrogen and oxygen atoms in total. The van der Waals surface area contributed by atoms with Gasteiger partial charge in [0.15, 0.2) is 5.58 Å². The van der Waals surface area contributed by atoms with Gasteiger partial charge in [-0.3, -0.25) is 4.79 Å². The predicted molar refractivity (Wildman–Crippen MR) is 101 cm³/mol. The van der Waals surface area contributed by atoms with Crippen molar-refractivity contribution >= 4 is 16.9 Å². The van der Waals surface area contributed by atoms with E-state index in [9.17, 15) is 9.18 Å². The summed E-state index contributed by atoms with van der Waals surface area (Å²) in [6, 6.07) is 14.7. The van der Waals surface area contributed by atoms with Crippen LogP contribution < -0.4 is 0 Å². The molecule has 0 spiro atoms. The van der Waals surface area contributed by atoms with Gasteiger partial charge in [0.2, 0.25) is 5.91 Å². The van der Waals surface area contributed by atoms with Crippen molar-refractivity contribution in [1.29, 1.82) is 0 Å². The van der Waals surface area contributed by atoms with Crippen LogP contribution in [0.25, 0.3) is 11.0 Å². The zero-order valence-electron chi connectivity index (χ0n) is 15.4. The number of carbonyl (C=O) groups is 1. The Labute approximate surface area is 162 Å². The van der Waals surface area contributed by atoms with Crippen molar-refractivity contribution in [3.8, 4) is 0 Å². The number of carbonyl (C=O) groups excluding carboxylic acids is 1. The minimum atomic E-state index is -0.362. The summed E-state index contributed by atoms with van der Waals surface area (Å²) in [6.45, 7) is 2.02. The number of ether oxygens (including phenoxy) is 1. The normalized spacial score (nSPS) is 24.5.